The Hall–Kier alpha value is -1.38. The summed E-state index contributed by atoms with van der Waals surface area (Å²) in [6.45, 7) is 6.23. The number of carbonyl (C=O) groups is 1. The summed E-state index contributed by atoms with van der Waals surface area (Å²) in [6, 6.07) is 1.55. The van der Waals surface area contributed by atoms with Crippen molar-refractivity contribution in [2.24, 2.45) is 5.41 Å². The lowest BCUT2D eigenvalue weighted by Crippen LogP contribution is -2.13. The van der Waals surface area contributed by atoms with Crippen molar-refractivity contribution in [1.29, 1.82) is 0 Å². The van der Waals surface area contributed by atoms with Crippen molar-refractivity contribution in [1.82, 2.24) is 4.98 Å². The van der Waals surface area contributed by atoms with E-state index in [2.05, 4.69) is 25.8 Å². The molecule has 1 N–H and O–H groups in total. The number of aromatic carboxylic acids is 1. The van der Waals surface area contributed by atoms with E-state index >= 15 is 0 Å². The molecular formula is C11H15NO2. The van der Waals surface area contributed by atoms with Crippen molar-refractivity contribution in [3.63, 3.8) is 0 Å². The molecule has 1 heterocycles. The van der Waals surface area contributed by atoms with Gasteiger partial charge in [0.05, 0.1) is 5.56 Å². The van der Waals surface area contributed by atoms with Gasteiger partial charge in [0.1, 0.15) is 0 Å². The van der Waals surface area contributed by atoms with E-state index in [1.54, 1.807) is 12.3 Å². The fraction of sp³-hybridized carbons (Fsp3) is 0.455. The number of hydrogen-bond donors (Lipinski definition) is 1. The van der Waals surface area contributed by atoms with E-state index in [1.807, 2.05) is 0 Å². The van der Waals surface area contributed by atoms with Crippen LogP contribution in [0.15, 0.2) is 18.5 Å². The second-order valence-corrected chi connectivity index (χ2v) is 4.58. The number of carboxylic acids is 1. The molecule has 0 aliphatic rings. The predicted molar refractivity (Wildman–Crippen MR) is 54.4 cm³/mol. The molecule has 0 radical (unpaired) electrons. The van der Waals surface area contributed by atoms with Crippen LogP contribution >= 0.6 is 0 Å². The second kappa shape index (κ2) is 3.78. The first-order valence-electron chi connectivity index (χ1n) is 4.56. The average molecular weight is 193 g/mol. The molecule has 0 aromatic carbocycles. The van der Waals surface area contributed by atoms with Crippen molar-refractivity contribution in [2.75, 3.05) is 0 Å². The Labute approximate surface area is 83.8 Å². The van der Waals surface area contributed by atoms with Crippen LogP contribution in [0.25, 0.3) is 0 Å². The summed E-state index contributed by atoms with van der Waals surface area (Å²) in [5.74, 6) is -0.883. The zero-order valence-corrected chi connectivity index (χ0v) is 8.74. The van der Waals surface area contributed by atoms with Crippen LogP contribution < -0.4 is 0 Å². The molecule has 1 aromatic rings. The Bertz CT molecular complexity index is 339. The Morgan fingerprint density at radius 1 is 1.50 bits per heavy atom. The Morgan fingerprint density at radius 3 is 2.64 bits per heavy atom. The first-order chi connectivity index (χ1) is 6.40. The maximum absolute atomic E-state index is 10.9. The maximum atomic E-state index is 10.9. The minimum absolute atomic E-state index is 0.0766. The van der Waals surface area contributed by atoms with Gasteiger partial charge >= 0.3 is 5.97 Å². The smallest absolute Gasteiger partial charge is 0.336 e. The van der Waals surface area contributed by atoms with E-state index in [0.717, 1.165) is 12.0 Å². The van der Waals surface area contributed by atoms with Gasteiger partial charge in [-0.15, -0.1) is 0 Å². The molecule has 76 valence electrons. The molecule has 3 heteroatoms. The van der Waals surface area contributed by atoms with Gasteiger partial charge in [-0.1, -0.05) is 20.8 Å². The molecule has 3 nitrogen and oxygen atoms in total. The van der Waals surface area contributed by atoms with Crippen molar-refractivity contribution in [2.45, 2.75) is 27.2 Å². The number of nitrogens with zero attached hydrogens (tertiary/aromatic N) is 1. The maximum Gasteiger partial charge on any atom is 0.336 e. The van der Waals surface area contributed by atoms with Crippen molar-refractivity contribution >= 4 is 5.97 Å². The highest BCUT2D eigenvalue weighted by atomic mass is 16.4. The van der Waals surface area contributed by atoms with Gasteiger partial charge in [-0.2, -0.15) is 0 Å². The molecule has 14 heavy (non-hydrogen) atoms. The van der Waals surface area contributed by atoms with Crippen LogP contribution in [-0.2, 0) is 6.42 Å². The highest BCUT2D eigenvalue weighted by Crippen LogP contribution is 2.22. The standard InChI is InChI=1S/C11H15NO2/c1-11(2,3)6-8-7-12-5-4-9(8)10(13)14/h4-5,7H,6H2,1-3H3,(H,13,14). The molecule has 0 saturated carbocycles. The van der Waals surface area contributed by atoms with E-state index < -0.39 is 5.97 Å². The number of carboxylic acid groups (broad SMARTS) is 1. The third kappa shape index (κ3) is 2.83. The molecule has 0 aliphatic heterocycles. The summed E-state index contributed by atoms with van der Waals surface area (Å²) in [5.41, 5.74) is 1.23. The van der Waals surface area contributed by atoms with Gasteiger partial charge in [0.25, 0.3) is 0 Å². The summed E-state index contributed by atoms with van der Waals surface area (Å²) in [5, 5.41) is 8.93. The summed E-state index contributed by atoms with van der Waals surface area (Å²) < 4.78 is 0. The van der Waals surface area contributed by atoms with Crippen LogP contribution in [0.5, 0.6) is 0 Å². The Morgan fingerprint density at radius 2 is 2.14 bits per heavy atom. The largest absolute Gasteiger partial charge is 0.478 e. The van der Waals surface area contributed by atoms with E-state index in [0.29, 0.717) is 5.56 Å². The first-order valence-corrected chi connectivity index (χ1v) is 4.56. The van der Waals surface area contributed by atoms with E-state index in [-0.39, 0.29) is 5.41 Å². The molecule has 0 bridgehead atoms. The third-order valence-electron chi connectivity index (χ3n) is 1.85. The number of hydrogen-bond acceptors (Lipinski definition) is 2. The van der Waals surface area contributed by atoms with Crippen LogP contribution in [-0.4, -0.2) is 16.1 Å². The quantitative estimate of drug-likeness (QED) is 0.784. The van der Waals surface area contributed by atoms with Crippen LogP contribution in [0.2, 0.25) is 0 Å². The molecule has 0 amide bonds. The minimum atomic E-state index is -0.883. The number of rotatable bonds is 2. The summed E-state index contributed by atoms with van der Waals surface area (Å²) in [6.07, 6.45) is 3.87. The summed E-state index contributed by atoms with van der Waals surface area (Å²) >= 11 is 0. The molecule has 1 aromatic heterocycles. The molecule has 0 atom stereocenters. The zero-order valence-electron chi connectivity index (χ0n) is 8.74. The lowest BCUT2D eigenvalue weighted by Gasteiger charge is -2.18. The molecule has 0 spiro atoms. The first kappa shape index (κ1) is 10.7. The molecular weight excluding hydrogens is 178 g/mol. The highest BCUT2D eigenvalue weighted by Gasteiger charge is 2.16. The number of pyridine rings is 1. The monoisotopic (exact) mass is 193 g/mol. The minimum Gasteiger partial charge on any atom is -0.478 e. The van der Waals surface area contributed by atoms with Gasteiger partial charge in [0.15, 0.2) is 0 Å². The van der Waals surface area contributed by atoms with Gasteiger partial charge in [0.2, 0.25) is 0 Å². The SMILES string of the molecule is CC(C)(C)Cc1cnccc1C(=O)O. The lowest BCUT2D eigenvalue weighted by molar-refractivity contribution is 0.0695. The van der Waals surface area contributed by atoms with Crippen LogP contribution in [0, 0.1) is 5.41 Å². The van der Waals surface area contributed by atoms with E-state index in [1.165, 1.54) is 6.20 Å². The van der Waals surface area contributed by atoms with Crippen LogP contribution in [0.4, 0.5) is 0 Å². The lowest BCUT2D eigenvalue weighted by atomic mass is 9.87. The molecule has 1 rings (SSSR count). The molecule has 0 aliphatic carbocycles. The van der Waals surface area contributed by atoms with E-state index in [4.69, 9.17) is 5.11 Å². The summed E-state index contributed by atoms with van der Waals surface area (Å²) in [4.78, 5) is 14.8. The average Bonchev–Trinajstić information content (AvgIpc) is 2.01. The molecule has 0 fully saturated rings. The van der Waals surface area contributed by atoms with Crippen molar-refractivity contribution in [3.05, 3.63) is 29.6 Å². The normalized spacial score (nSPS) is 11.4. The van der Waals surface area contributed by atoms with Gasteiger partial charge < -0.3 is 5.11 Å². The molecule has 0 saturated heterocycles. The van der Waals surface area contributed by atoms with Crippen molar-refractivity contribution < 1.29 is 9.90 Å². The number of aromatic nitrogens is 1. The Kier molecular flexibility index (Phi) is 2.89. The van der Waals surface area contributed by atoms with E-state index in [9.17, 15) is 4.79 Å². The van der Waals surface area contributed by atoms with Gasteiger partial charge in [-0.3, -0.25) is 4.98 Å². The Balaban J connectivity index is 3.02. The van der Waals surface area contributed by atoms with Crippen LogP contribution in [0.3, 0.4) is 0 Å². The van der Waals surface area contributed by atoms with Crippen LogP contribution in [0.1, 0.15) is 36.7 Å². The van der Waals surface area contributed by atoms with Crippen molar-refractivity contribution in [3.8, 4) is 0 Å². The fourth-order valence-corrected chi connectivity index (χ4v) is 1.35. The van der Waals surface area contributed by atoms with Gasteiger partial charge in [-0.25, -0.2) is 4.79 Å². The topological polar surface area (TPSA) is 50.2 Å². The predicted octanol–water partition coefficient (Wildman–Crippen LogP) is 2.37. The highest BCUT2D eigenvalue weighted by molar-refractivity contribution is 5.89. The third-order valence-corrected chi connectivity index (χ3v) is 1.85. The second-order valence-electron chi connectivity index (χ2n) is 4.58. The van der Waals surface area contributed by atoms with Gasteiger partial charge in [-0.05, 0) is 23.5 Å². The summed E-state index contributed by atoms with van der Waals surface area (Å²) in [7, 11) is 0. The van der Waals surface area contributed by atoms with Gasteiger partial charge in [0, 0.05) is 12.4 Å². The fourth-order valence-electron chi connectivity index (χ4n) is 1.35. The molecule has 0 unspecified atom stereocenters. The zero-order chi connectivity index (χ0) is 10.8.